The van der Waals surface area contributed by atoms with Crippen LogP contribution in [0.5, 0.6) is 11.5 Å². The summed E-state index contributed by atoms with van der Waals surface area (Å²) in [7, 11) is 16.8. The molecule has 8 heterocycles. The van der Waals surface area contributed by atoms with Crippen molar-refractivity contribution >= 4 is 166 Å². The number of aliphatic hydroxyl groups is 2. The lowest BCUT2D eigenvalue weighted by atomic mass is 9.84. The van der Waals surface area contributed by atoms with Crippen LogP contribution in [0.4, 0.5) is 32.6 Å². The van der Waals surface area contributed by atoms with Gasteiger partial charge in [-0.2, -0.15) is 4.98 Å². The van der Waals surface area contributed by atoms with Crippen molar-refractivity contribution in [3.8, 4) is 11.5 Å². The first-order valence-corrected chi connectivity index (χ1v) is 49.6. The Morgan fingerprint density at radius 3 is 1.57 bits per heavy atom. The summed E-state index contributed by atoms with van der Waals surface area (Å²) in [6, 6.07) is 9.50. The van der Waals surface area contributed by atoms with E-state index in [1.165, 1.54) is 152 Å². The molecule has 4 saturated heterocycles. The third kappa shape index (κ3) is 25.7. The molecule has 2 aromatic heterocycles. The number of rotatable bonds is 33. The molecule has 0 spiro atoms. The highest BCUT2D eigenvalue weighted by Crippen LogP contribution is 2.52. The Morgan fingerprint density at radius 1 is 0.654 bits per heavy atom. The van der Waals surface area contributed by atoms with Gasteiger partial charge in [-0.25, -0.2) is 29.1 Å². The summed E-state index contributed by atoms with van der Waals surface area (Å²) < 4.78 is 59.1. The van der Waals surface area contributed by atoms with E-state index in [0.717, 1.165) is 11.1 Å². The molecule has 6 aliphatic rings. The lowest BCUT2D eigenvalue weighted by molar-refractivity contribution is -0.165. The van der Waals surface area contributed by atoms with Crippen LogP contribution in [0.3, 0.4) is 0 Å². The standard InChI is InChI=1S/C91H117Cl2N15O24S4/c1-47-19-17-21-65(125-15)90(121)43-63(127-86(119)103-90)49(3)73-88(7,131-73)75(81(115)107(11)59-39-53(37-47)41-61(123-13)70(59)92)129-83(117)51(5)105(9)68(110)29-33-133-135-35-31-95-67(109)28-27-58(100-78(112)55-23-25-56(26-24-55)97-45-57-46-98-77-72(99-57)80(114)102-85(94)101-77)79(113)96-32-36-136-134-34-30-69(111)106(10)52(6)84(118)130-76-82(116)108(12)60-40-54(42-62(124-14)71(60)93)38-48(2)20-18-22-66(126-16)91(122)44-64(128-87(120)104-91)50(4)74-89(76,8)132-74/h17-26,39-42,46,49-52,58,63-66,73-76,97,121-122H,27-38,43-45H2,1-16H3,(H,95,109)(H,96,113)(H,100,112)(H,103,119)(H,104,120)(H3,94,98,101,102,114)/b21-17+,22-18-,47-19+,48-20-/t49-,50-,51+,52+,58+,63?,64?,65-,66-,73?,74?,75+,76+,88?,89?,90+,91+/m1/s1. The molecule has 9 amide bonds. The molecule has 17 atom stereocenters. The van der Waals surface area contributed by atoms with Gasteiger partial charge in [-0.1, -0.05) is 128 Å². The number of nitrogens with one attached hydrogen (secondary N) is 7. The number of anilines is 4. The van der Waals surface area contributed by atoms with Crippen molar-refractivity contribution in [2.45, 2.75) is 203 Å². The number of fused-ring (bicyclic) bond motifs is 11. The SMILES string of the molecule is COc1cc2cc(c1Cl)N(C)C(=O)[C@H](OC(=O)[C@H](C)N(C)C(=O)CCSSCCNC(=O)[C@H](CCC(=O)NCCSSCCC(=O)N(C)[C@@H](C)C(=O)O[C@H]1C(=O)N(C)c3cc(cc(OC)c3Cl)C/C(C)=C/C=C/[C@@H](OC)[C@@]3(O)CC(OC(=O)N3)[C@@H](C)C3OC31C)NC(=O)c1ccc(NCc3cnc4[nH]c(N)nc(=O)c4n3)cc1)C1(C)OC1[C@H](C)C1C[C@@](O)(NC(=O)O1)[C@H](OC)/C=C\C=C(\C)C2. The third-order valence-corrected chi connectivity index (χ3v) is 30.3. The average molecular weight is 2000 g/mol. The Morgan fingerprint density at radius 2 is 1.11 bits per heavy atom. The quantitative estimate of drug-likeness (QED) is 0.00628. The van der Waals surface area contributed by atoms with Crippen molar-refractivity contribution in [3.63, 3.8) is 0 Å². The van der Waals surface area contributed by atoms with Crippen LogP contribution in [0, 0.1) is 11.8 Å². The van der Waals surface area contributed by atoms with E-state index in [9.17, 15) is 58.2 Å². The van der Waals surface area contributed by atoms with Crippen LogP contribution in [-0.2, 0) is 95.6 Å². The number of esters is 2. The fourth-order valence-corrected chi connectivity index (χ4v) is 20.8. The summed E-state index contributed by atoms with van der Waals surface area (Å²) in [4.78, 5) is 187. The fourth-order valence-electron chi connectivity index (χ4n) is 16.4. The number of methoxy groups -OCH3 is 4. The number of H-pyrrole nitrogens is 1. The molecule has 136 heavy (non-hydrogen) atoms. The number of alkyl carbamates (subject to hydrolysis) is 2. The second-order valence-electron chi connectivity index (χ2n) is 34.5. The van der Waals surface area contributed by atoms with Gasteiger partial charge in [0.25, 0.3) is 17.7 Å². The molecule has 6 aliphatic heterocycles. The number of carbonyl (C=O) groups excluding carboxylic acids is 11. The number of aromatic nitrogens is 4. The monoisotopic (exact) mass is 2000 g/mol. The highest BCUT2D eigenvalue weighted by Gasteiger charge is 2.69. The predicted octanol–water partition coefficient (Wildman–Crippen LogP) is 7.84. The Labute approximate surface area is 812 Å². The molecule has 0 radical (unpaired) electrons. The number of hydrogen-bond acceptors (Lipinski definition) is 33. The minimum Gasteiger partial charge on any atom is -0.495 e. The van der Waals surface area contributed by atoms with Crippen LogP contribution >= 0.6 is 66.4 Å². The van der Waals surface area contributed by atoms with Crippen LogP contribution in [0.1, 0.15) is 121 Å². The second-order valence-corrected chi connectivity index (χ2v) is 40.6. The number of benzene rings is 3. The number of allylic oxidation sites excluding steroid dienone is 6. The first-order chi connectivity index (χ1) is 64.5. The minimum atomic E-state index is -1.94. The molecule has 3 aromatic carbocycles. The molecule has 0 saturated carbocycles. The summed E-state index contributed by atoms with van der Waals surface area (Å²) in [5.41, 5.74) is 2.90. The van der Waals surface area contributed by atoms with Gasteiger partial charge in [-0.3, -0.25) is 49.0 Å². The van der Waals surface area contributed by atoms with E-state index in [1.807, 2.05) is 26.0 Å². The number of halogens is 2. The highest BCUT2D eigenvalue weighted by atomic mass is 35.5. The van der Waals surface area contributed by atoms with E-state index in [-0.39, 0.29) is 125 Å². The zero-order valence-electron chi connectivity index (χ0n) is 78.2. The molecular weight excluding hydrogens is 1890 g/mol. The zero-order chi connectivity index (χ0) is 99.2. The molecule has 738 valence electrons. The maximum absolute atomic E-state index is 15.1. The number of nitrogen functional groups attached to an aromatic ring is 1. The van der Waals surface area contributed by atoms with Gasteiger partial charge in [0.05, 0.1) is 56.2 Å². The summed E-state index contributed by atoms with van der Waals surface area (Å²) in [5.74, 6) is -5.67. The number of epoxide rings is 2. The van der Waals surface area contributed by atoms with Gasteiger partial charge in [0.2, 0.25) is 41.8 Å². The number of ether oxygens (including phenoxy) is 10. The van der Waals surface area contributed by atoms with Crippen molar-refractivity contribution in [1.29, 1.82) is 0 Å². The number of nitrogens with two attached hydrogens (primary N) is 1. The van der Waals surface area contributed by atoms with Gasteiger partial charge in [0.15, 0.2) is 22.6 Å². The Bertz CT molecular complexity index is 5490. The highest BCUT2D eigenvalue weighted by molar-refractivity contribution is 8.77. The number of carbonyl (C=O) groups is 11. The van der Waals surface area contributed by atoms with Gasteiger partial charge in [0.1, 0.15) is 75.3 Å². The minimum absolute atomic E-state index is 0.00488. The summed E-state index contributed by atoms with van der Waals surface area (Å²) in [6.07, 6.45) is 0.672. The maximum atomic E-state index is 15.1. The van der Waals surface area contributed by atoms with E-state index >= 15 is 9.59 Å². The lowest BCUT2D eigenvalue weighted by Gasteiger charge is -2.42. The van der Waals surface area contributed by atoms with Gasteiger partial charge >= 0.3 is 29.7 Å². The molecule has 11 rings (SSSR count). The molecule has 8 bridgehead atoms. The molecule has 5 aromatic rings. The van der Waals surface area contributed by atoms with E-state index in [1.54, 1.807) is 88.4 Å². The van der Waals surface area contributed by atoms with Crippen LogP contribution in [-0.4, -0.2) is 288 Å². The number of aromatic amines is 1. The Hall–Kier alpha value is -10.5. The van der Waals surface area contributed by atoms with E-state index in [4.69, 9.17) is 76.3 Å². The largest absolute Gasteiger partial charge is 0.495 e. The van der Waals surface area contributed by atoms with Crippen LogP contribution in [0.25, 0.3) is 11.2 Å². The molecule has 0 aliphatic carbocycles. The van der Waals surface area contributed by atoms with Crippen LogP contribution in [0.15, 0.2) is 107 Å². The molecule has 11 N–H and O–H groups in total. The number of amides is 9. The molecule has 6 unspecified atom stereocenters. The van der Waals surface area contributed by atoms with Crippen molar-refractivity contribution in [1.82, 2.24) is 56.3 Å². The molecule has 4 fully saturated rings. The normalized spacial score (nSPS) is 26.9. The smallest absolute Gasteiger partial charge is 0.409 e. The fraction of sp³-hybridized carbons (Fsp3) is 0.527. The van der Waals surface area contributed by atoms with Crippen LogP contribution in [0.2, 0.25) is 10.0 Å². The van der Waals surface area contributed by atoms with Crippen molar-refractivity contribution in [2.75, 3.05) is 114 Å². The van der Waals surface area contributed by atoms with Gasteiger partial charge in [-0.15, -0.1) is 0 Å². The number of nitrogens with zero attached hydrogens (tertiary/aromatic N) is 7. The summed E-state index contributed by atoms with van der Waals surface area (Å²) >= 11 is 13.9. The number of hydrogen-bond donors (Lipinski definition) is 10. The van der Waals surface area contributed by atoms with E-state index in [0.29, 0.717) is 46.9 Å². The Balaban J connectivity index is 0.667. The van der Waals surface area contributed by atoms with E-state index in [2.05, 4.69) is 51.8 Å². The van der Waals surface area contributed by atoms with E-state index < -0.39 is 172 Å². The van der Waals surface area contributed by atoms with Crippen LogP contribution < -0.4 is 62.5 Å². The summed E-state index contributed by atoms with van der Waals surface area (Å²) in [6.45, 7) is 13.7. The Kier molecular flexibility index (Phi) is 36.1. The number of likely N-dealkylation sites (N-methyl/N-ethyl adjacent to an activating group) is 4. The first-order valence-electron chi connectivity index (χ1n) is 43.9. The van der Waals surface area contributed by atoms with Gasteiger partial charge < -0.3 is 109 Å². The second kappa shape index (κ2) is 46.3. The summed E-state index contributed by atoms with van der Waals surface area (Å²) in [5, 5.41) is 40.7. The first kappa shape index (κ1) is 106. The molecule has 39 nitrogen and oxygen atoms in total. The van der Waals surface area contributed by atoms with Crippen molar-refractivity contribution in [3.05, 3.63) is 145 Å². The lowest BCUT2D eigenvalue weighted by Crippen LogP contribution is -2.63. The van der Waals surface area contributed by atoms with Gasteiger partial charge in [0, 0.05) is 134 Å². The molecule has 45 heteroatoms. The third-order valence-electron chi connectivity index (χ3n) is 24.8. The van der Waals surface area contributed by atoms with Crippen molar-refractivity contribution in [2.24, 2.45) is 11.8 Å². The van der Waals surface area contributed by atoms with Crippen molar-refractivity contribution < 1.29 is 110 Å². The topological polar surface area (TPSA) is 510 Å². The zero-order valence-corrected chi connectivity index (χ0v) is 83.0. The average Bonchev–Trinajstić information content (AvgIpc) is 1.57. The predicted molar refractivity (Wildman–Crippen MR) is 514 cm³/mol. The van der Waals surface area contributed by atoms with Gasteiger partial charge in [-0.05, 0) is 120 Å². The molecular formula is C91H117Cl2N15O24S4. The maximum Gasteiger partial charge on any atom is 0.409 e.